The number of fused-ring (bicyclic) bond motifs is 1. The van der Waals surface area contributed by atoms with Gasteiger partial charge in [0.05, 0.1) is 24.1 Å². The molecule has 0 aromatic carbocycles. The van der Waals surface area contributed by atoms with Gasteiger partial charge in [-0.25, -0.2) is 4.98 Å². The fraction of sp³-hybridized carbons (Fsp3) is 0.438. The van der Waals surface area contributed by atoms with E-state index < -0.39 is 6.10 Å². The number of nitrogens with zero attached hydrogens (tertiary/aromatic N) is 2. The van der Waals surface area contributed by atoms with Crippen molar-refractivity contribution in [3.05, 3.63) is 43.0 Å². The van der Waals surface area contributed by atoms with E-state index in [2.05, 4.69) is 11.6 Å². The summed E-state index contributed by atoms with van der Waals surface area (Å²) < 4.78 is 1.97. The number of rotatable bonds is 3. The van der Waals surface area contributed by atoms with Crippen LogP contribution in [0.2, 0.25) is 0 Å². The van der Waals surface area contributed by atoms with Crippen LogP contribution in [0.1, 0.15) is 37.7 Å². The van der Waals surface area contributed by atoms with Gasteiger partial charge in [0.1, 0.15) is 0 Å². The maximum atomic E-state index is 10.6. The molecule has 0 bridgehead atoms. The standard InChI is InChI=1S/C16H20N2O/c1-12(16(19)13-6-3-2-4-7-13)14-8-5-9-18-11-17-10-15(14)18/h5,8-11,13,16,19H,1-4,6-7H2. The van der Waals surface area contributed by atoms with Crippen LogP contribution in [0.4, 0.5) is 0 Å². The molecule has 0 amide bonds. The van der Waals surface area contributed by atoms with Gasteiger partial charge in [0.15, 0.2) is 0 Å². The molecule has 0 saturated heterocycles. The average molecular weight is 256 g/mol. The highest BCUT2D eigenvalue weighted by molar-refractivity contribution is 5.78. The van der Waals surface area contributed by atoms with Crippen LogP contribution in [-0.4, -0.2) is 20.6 Å². The Morgan fingerprint density at radius 2 is 2.16 bits per heavy atom. The molecule has 2 aromatic heterocycles. The van der Waals surface area contributed by atoms with E-state index in [9.17, 15) is 5.11 Å². The lowest BCUT2D eigenvalue weighted by Crippen LogP contribution is -2.24. The van der Waals surface area contributed by atoms with E-state index in [-0.39, 0.29) is 0 Å². The van der Waals surface area contributed by atoms with Crippen LogP contribution in [0, 0.1) is 5.92 Å². The summed E-state index contributed by atoms with van der Waals surface area (Å²) in [7, 11) is 0. The Hall–Kier alpha value is -1.61. The fourth-order valence-electron chi connectivity index (χ4n) is 3.11. The summed E-state index contributed by atoms with van der Waals surface area (Å²) in [5.41, 5.74) is 2.86. The Bertz CT molecular complexity index is 581. The number of aliphatic hydroxyl groups excluding tert-OH is 1. The van der Waals surface area contributed by atoms with E-state index in [4.69, 9.17) is 0 Å². The summed E-state index contributed by atoms with van der Waals surface area (Å²) in [6, 6.07) is 3.99. The molecule has 100 valence electrons. The molecule has 3 rings (SSSR count). The van der Waals surface area contributed by atoms with Gasteiger partial charge in [-0.3, -0.25) is 0 Å². The number of pyridine rings is 1. The topological polar surface area (TPSA) is 37.5 Å². The number of hydrogen-bond donors (Lipinski definition) is 1. The second-order valence-corrected chi connectivity index (χ2v) is 5.48. The van der Waals surface area contributed by atoms with Gasteiger partial charge >= 0.3 is 0 Å². The third-order valence-electron chi connectivity index (χ3n) is 4.25. The van der Waals surface area contributed by atoms with Gasteiger partial charge in [-0.1, -0.05) is 31.9 Å². The average Bonchev–Trinajstić information content (AvgIpc) is 2.95. The van der Waals surface area contributed by atoms with Crippen LogP contribution in [0.3, 0.4) is 0 Å². The zero-order chi connectivity index (χ0) is 13.2. The second-order valence-electron chi connectivity index (χ2n) is 5.48. The molecular weight excluding hydrogens is 236 g/mol. The minimum atomic E-state index is -0.429. The van der Waals surface area contributed by atoms with Crippen molar-refractivity contribution < 1.29 is 5.11 Å². The largest absolute Gasteiger partial charge is 0.388 e. The van der Waals surface area contributed by atoms with Crippen LogP contribution in [0.25, 0.3) is 11.1 Å². The van der Waals surface area contributed by atoms with Crippen molar-refractivity contribution in [3.63, 3.8) is 0 Å². The highest BCUT2D eigenvalue weighted by Crippen LogP contribution is 2.33. The Kier molecular flexibility index (Phi) is 3.38. The van der Waals surface area contributed by atoms with Gasteiger partial charge in [-0.05, 0) is 30.4 Å². The predicted molar refractivity (Wildman–Crippen MR) is 76.8 cm³/mol. The summed E-state index contributed by atoms with van der Waals surface area (Å²) in [5, 5.41) is 10.6. The van der Waals surface area contributed by atoms with Gasteiger partial charge in [-0.15, -0.1) is 0 Å². The molecule has 0 radical (unpaired) electrons. The van der Waals surface area contributed by atoms with E-state index in [0.717, 1.165) is 29.5 Å². The van der Waals surface area contributed by atoms with E-state index in [1.807, 2.05) is 28.9 Å². The molecule has 1 unspecified atom stereocenters. The van der Waals surface area contributed by atoms with Crippen LogP contribution in [0.15, 0.2) is 37.4 Å². The summed E-state index contributed by atoms with van der Waals surface area (Å²) in [5.74, 6) is 0.365. The summed E-state index contributed by atoms with van der Waals surface area (Å²) in [6.07, 6.45) is 11.1. The van der Waals surface area contributed by atoms with Crippen LogP contribution in [0.5, 0.6) is 0 Å². The first kappa shape index (κ1) is 12.4. The Morgan fingerprint density at radius 3 is 2.95 bits per heavy atom. The third kappa shape index (κ3) is 2.30. The zero-order valence-electron chi connectivity index (χ0n) is 11.1. The number of aliphatic hydroxyl groups is 1. The van der Waals surface area contributed by atoms with E-state index in [1.54, 1.807) is 6.33 Å². The van der Waals surface area contributed by atoms with Crippen LogP contribution < -0.4 is 0 Å². The Labute approximate surface area is 113 Å². The second kappa shape index (κ2) is 5.17. The summed E-state index contributed by atoms with van der Waals surface area (Å²) in [4.78, 5) is 4.16. The molecule has 3 heteroatoms. The lowest BCUT2D eigenvalue weighted by atomic mass is 9.81. The number of hydrogen-bond acceptors (Lipinski definition) is 2. The van der Waals surface area contributed by atoms with Crippen molar-refractivity contribution in [1.82, 2.24) is 9.38 Å². The minimum absolute atomic E-state index is 0.365. The predicted octanol–water partition coefficient (Wildman–Crippen LogP) is 3.29. The Balaban J connectivity index is 1.88. The molecule has 1 N–H and O–H groups in total. The molecule has 1 fully saturated rings. The van der Waals surface area contributed by atoms with Gasteiger partial charge in [0.25, 0.3) is 0 Å². The van der Waals surface area contributed by atoms with Crippen LogP contribution in [-0.2, 0) is 0 Å². The van der Waals surface area contributed by atoms with Crippen molar-refractivity contribution in [2.45, 2.75) is 38.2 Å². The molecule has 2 aromatic rings. The lowest BCUT2D eigenvalue weighted by molar-refractivity contribution is 0.133. The fourth-order valence-corrected chi connectivity index (χ4v) is 3.11. The molecule has 1 saturated carbocycles. The molecule has 0 aliphatic heterocycles. The first-order valence-corrected chi connectivity index (χ1v) is 7.05. The highest BCUT2D eigenvalue weighted by atomic mass is 16.3. The molecule has 19 heavy (non-hydrogen) atoms. The maximum absolute atomic E-state index is 10.6. The normalized spacial score (nSPS) is 18.6. The van der Waals surface area contributed by atoms with Crippen molar-refractivity contribution in [1.29, 1.82) is 0 Å². The van der Waals surface area contributed by atoms with Crippen molar-refractivity contribution in [2.24, 2.45) is 5.92 Å². The van der Waals surface area contributed by atoms with Gasteiger partial charge in [-0.2, -0.15) is 0 Å². The maximum Gasteiger partial charge on any atom is 0.0992 e. The third-order valence-corrected chi connectivity index (χ3v) is 4.25. The molecule has 3 nitrogen and oxygen atoms in total. The molecule has 1 atom stereocenters. The molecule has 1 aliphatic carbocycles. The zero-order valence-corrected chi connectivity index (χ0v) is 11.1. The molecular formula is C16H20N2O. The van der Waals surface area contributed by atoms with E-state index >= 15 is 0 Å². The quantitative estimate of drug-likeness (QED) is 0.915. The molecule has 2 heterocycles. The highest BCUT2D eigenvalue weighted by Gasteiger charge is 2.25. The van der Waals surface area contributed by atoms with E-state index in [1.165, 1.54) is 19.3 Å². The first-order valence-electron chi connectivity index (χ1n) is 7.05. The minimum Gasteiger partial charge on any atom is -0.388 e. The van der Waals surface area contributed by atoms with Crippen molar-refractivity contribution >= 4 is 11.1 Å². The van der Waals surface area contributed by atoms with Crippen molar-refractivity contribution in [2.75, 3.05) is 0 Å². The monoisotopic (exact) mass is 256 g/mol. The smallest absolute Gasteiger partial charge is 0.0992 e. The van der Waals surface area contributed by atoms with Gasteiger partial charge in [0, 0.05) is 11.8 Å². The lowest BCUT2D eigenvalue weighted by Gasteiger charge is -2.28. The first-order chi connectivity index (χ1) is 9.27. The summed E-state index contributed by atoms with van der Waals surface area (Å²) in [6.45, 7) is 4.14. The number of imidazole rings is 1. The van der Waals surface area contributed by atoms with Crippen LogP contribution >= 0.6 is 0 Å². The Morgan fingerprint density at radius 1 is 1.37 bits per heavy atom. The van der Waals surface area contributed by atoms with E-state index in [0.29, 0.717) is 5.92 Å². The van der Waals surface area contributed by atoms with Crippen molar-refractivity contribution in [3.8, 4) is 0 Å². The summed E-state index contributed by atoms with van der Waals surface area (Å²) >= 11 is 0. The van der Waals surface area contributed by atoms with Gasteiger partial charge < -0.3 is 9.51 Å². The molecule has 1 aliphatic rings. The van der Waals surface area contributed by atoms with Gasteiger partial charge in [0.2, 0.25) is 0 Å². The molecule has 0 spiro atoms. The number of aromatic nitrogens is 2. The SMILES string of the molecule is C=C(c1cccn2cncc12)C(O)C1CCCCC1.